The van der Waals surface area contributed by atoms with Gasteiger partial charge in [0.25, 0.3) is 11.5 Å². The van der Waals surface area contributed by atoms with Gasteiger partial charge in [-0.2, -0.15) is 0 Å². The summed E-state index contributed by atoms with van der Waals surface area (Å²) in [5.41, 5.74) is 0.565. The van der Waals surface area contributed by atoms with Gasteiger partial charge in [0.05, 0.1) is 17.1 Å². The third kappa shape index (κ3) is 5.07. The van der Waals surface area contributed by atoms with Crippen LogP contribution in [0, 0.1) is 0 Å². The smallest absolute Gasteiger partial charge is 0.267 e. The summed E-state index contributed by atoms with van der Waals surface area (Å²) < 4.78 is 12.3. The molecular weight excluding hydrogens is 424 g/mol. The summed E-state index contributed by atoms with van der Waals surface area (Å²) in [4.78, 5) is 32.5. The van der Waals surface area contributed by atoms with Gasteiger partial charge in [0.15, 0.2) is 0 Å². The molecule has 2 aromatic heterocycles. The number of thioether (sulfide) groups is 1. The second-order valence-corrected chi connectivity index (χ2v) is 8.09. The second kappa shape index (κ2) is 10.7. The summed E-state index contributed by atoms with van der Waals surface area (Å²) >= 11 is 6.56. The first kappa shape index (κ1) is 22.4. The molecule has 2 aromatic rings. The first-order valence-electron chi connectivity index (χ1n) is 9.64. The van der Waals surface area contributed by atoms with Crippen LogP contribution in [0.15, 0.2) is 34.1 Å². The Kier molecular flexibility index (Phi) is 7.97. The molecule has 30 heavy (non-hydrogen) atoms. The fourth-order valence-electron chi connectivity index (χ4n) is 2.93. The molecule has 1 fully saturated rings. The third-order valence-corrected chi connectivity index (χ3v) is 5.77. The maximum atomic E-state index is 13.1. The topological polar surface area (TPSA) is 85.2 Å². The molecule has 0 aliphatic carbocycles. The van der Waals surface area contributed by atoms with Gasteiger partial charge < -0.3 is 14.8 Å². The van der Waals surface area contributed by atoms with E-state index in [9.17, 15) is 9.59 Å². The molecule has 0 spiro atoms. The number of methoxy groups -OCH3 is 1. The van der Waals surface area contributed by atoms with Gasteiger partial charge in [0.2, 0.25) is 0 Å². The van der Waals surface area contributed by atoms with Gasteiger partial charge in [0.1, 0.15) is 15.8 Å². The molecule has 0 unspecified atom stereocenters. The summed E-state index contributed by atoms with van der Waals surface area (Å²) in [5.74, 6) is 0.201. The van der Waals surface area contributed by atoms with E-state index >= 15 is 0 Å². The molecule has 3 heterocycles. The lowest BCUT2D eigenvalue weighted by Gasteiger charge is -2.14. The summed E-state index contributed by atoms with van der Waals surface area (Å²) in [6, 6.07) is 5.33. The monoisotopic (exact) mass is 448 g/mol. The normalized spacial score (nSPS) is 15.5. The van der Waals surface area contributed by atoms with E-state index in [0.717, 1.165) is 0 Å². The number of amides is 1. The number of nitrogens with one attached hydrogen (secondary N) is 1. The van der Waals surface area contributed by atoms with Gasteiger partial charge in [-0.3, -0.25) is 18.9 Å². The number of ether oxygens (including phenoxy) is 2. The van der Waals surface area contributed by atoms with Crippen molar-refractivity contribution >= 4 is 51.7 Å². The predicted octanol–water partition coefficient (Wildman–Crippen LogP) is 2.38. The van der Waals surface area contributed by atoms with Crippen LogP contribution in [-0.4, -0.2) is 64.5 Å². The molecule has 0 aromatic carbocycles. The van der Waals surface area contributed by atoms with Crippen LogP contribution >= 0.6 is 24.0 Å². The Hall–Kier alpha value is -2.27. The number of carbonyl (C=O) groups excluding carboxylic acids is 1. The first-order chi connectivity index (χ1) is 14.6. The lowest BCUT2D eigenvalue weighted by atomic mass is 10.2. The van der Waals surface area contributed by atoms with Gasteiger partial charge in [-0.25, -0.2) is 4.98 Å². The maximum Gasteiger partial charge on any atom is 0.267 e. The van der Waals surface area contributed by atoms with Crippen molar-refractivity contribution in [1.82, 2.24) is 14.3 Å². The fourth-order valence-corrected chi connectivity index (χ4v) is 4.22. The molecule has 3 rings (SSSR count). The van der Waals surface area contributed by atoms with Gasteiger partial charge in [-0.15, -0.1) is 0 Å². The van der Waals surface area contributed by atoms with E-state index in [4.69, 9.17) is 21.7 Å². The molecule has 1 N–H and O–H groups in total. The number of carbonyl (C=O) groups is 1. The summed E-state index contributed by atoms with van der Waals surface area (Å²) in [6.45, 7) is 4.54. The average molecular weight is 449 g/mol. The summed E-state index contributed by atoms with van der Waals surface area (Å²) in [7, 11) is 1.60. The molecule has 0 saturated carbocycles. The molecule has 1 aliphatic rings. The summed E-state index contributed by atoms with van der Waals surface area (Å²) in [5, 5.41) is 3.13. The Morgan fingerprint density at radius 3 is 2.90 bits per heavy atom. The minimum Gasteiger partial charge on any atom is -0.383 e. The molecule has 0 radical (unpaired) electrons. The second-order valence-electron chi connectivity index (χ2n) is 6.41. The maximum absolute atomic E-state index is 13.1. The van der Waals surface area contributed by atoms with Crippen molar-refractivity contribution in [3.05, 3.63) is 45.2 Å². The highest BCUT2D eigenvalue weighted by molar-refractivity contribution is 8.26. The molecule has 1 amide bonds. The Bertz CT molecular complexity index is 1020. The number of aromatic nitrogens is 2. The zero-order valence-electron chi connectivity index (χ0n) is 16.9. The van der Waals surface area contributed by atoms with Crippen molar-refractivity contribution in [3.8, 4) is 0 Å². The van der Waals surface area contributed by atoms with E-state index in [1.54, 1.807) is 36.4 Å². The first-order valence-corrected chi connectivity index (χ1v) is 10.9. The molecule has 0 bridgehead atoms. The summed E-state index contributed by atoms with van der Waals surface area (Å²) in [6.07, 6.45) is 3.92. The lowest BCUT2D eigenvalue weighted by Crippen LogP contribution is -2.29. The predicted molar refractivity (Wildman–Crippen MR) is 123 cm³/mol. The standard InChI is InChI=1S/C20H24N4O4S2/c1-3-28-11-6-10-24-19(26)15(30-20(24)29)13-14-17(21-8-12-27-2)22-16-7-4-5-9-23(16)18(14)25/h4-5,7,9,13,21H,3,6,8,10-12H2,1-2H3/b15-13+. The van der Waals surface area contributed by atoms with Gasteiger partial charge in [-0.05, 0) is 31.6 Å². The molecule has 1 saturated heterocycles. The van der Waals surface area contributed by atoms with E-state index in [1.807, 2.05) is 13.0 Å². The van der Waals surface area contributed by atoms with Gasteiger partial charge in [0, 0.05) is 39.6 Å². The van der Waals surface area contributed by atoms with Crippen molar-refractivity contribution in [2.45, 2.75) is 13.3 Å². The van der Waals surface area contributed by atoms with E-state index in [0.29, 0.717) is 65.6 Å². The SMILES string of the molecule is CCOCCCN1C(=O)/C(=C\c2c(NCCOC)nc3ccccn3c2=O)SC1=S. The van der Waals surface area contributed by atoms with Crippen molar-refractivity contribution in [1.29, 1.82) is 0 Å². The largest absolute Gasteiger partial charge is 0.383 e. The Balaban J connectivity index is 1.93. The van der Waals surface area contributed by atoms with Crippen molar-refractivity contribution in [3.63, 3.8) is 0 Å². The minimum absolute atomic E-state index is 0.207. The van der Waals surface area contributed by atoms with Crippen LogP contribution in [0.2, 0.25) is 0 Å². The number of hydrogen-bond donors (Lipinski definition) is 1. The number of pyridine rings is 1. The van der Waals surface area contributed by atoms with Crippen LogP contribution < -0.4 is 10.9 Å². The van der Waals surface area contributed by atoms with Gasteiger partial charge >= 0.3 is 0 Å². The number of rotatable bonds is 10. The average Bonchev–Trinajstić information content (AvgIpc) is 3.01. The Morgan fingerprint density at radius 1 is 1.30 bits per heavy atom. The molecular formula is C20H24N4O4S2. The third-order valence-electron chi connectivity index (χ3n) is 4.39. The fraction of sp³-hybridized carbons (Fsp3) is 0.400. The number of anilines is 1. The number of thiocarbonyl (C=S) groups is 1. The van der Waals surface area contributed by atoms with Crippen molar-refractivity contribution < 1.29 is 14.3 Å². The quantitative estimate of drug-likeness (QED) is 0.337. The minimum atomic E-state index is -0.262. The molecule has 8 nitrogen and oxygen atoms in total. The molecule has 160 valence electrons. The van der Waals surface area contributed by atoms with E-state index in [-0.39, 0.29) is 11.5 Å². The highest BCUT2D eigenvalue weighted by atomic mass is 32.2. The molecule has 0 atom stereocenters. The van der Waals surface area contributed by atoms with Crippen molar-refractivity contribution in [2.24, 2.45) is 0 Å². The zero-order chi connectivity index (χ0) is 21.5. The van der Waals surface area contributed by atoms with Crippen LogP contribution in [0.25, 0.3) is 11.7 Å². The number of nitrogens with zero attached hydrogens (tertiary/aromatic N) is 3. The lowest BCUT2D eigenvalue weighted by molar-refractivity contribution is -0.122. The number of fused-ring (bicyclic) bond motifs is 1. The van der Waals surface area contributed by atoms with E-state index in [2.05, 4.69) is 10.3 Å². The highest BCUT2D eigenvalue weighted by Crippen LogP contribution is 2.33. The van der Waals surface area contributed by atoms with Crippen molar-refractivity contribution in [2.75, 3.05) is 45.3 Å². The molecule has 1 aliphatic heterocycles. The highest BCUT2D eigenvalue weighted by Gasteiger charge is 2.32. The van der Waals surface area contributed by atoms with Crippen LogP contribution in [0.5, 0.6) is 0 Å². The zero-order valence-corrected chi connectivity index (χ0v) is 18.6. The van der Waals surface area contributed by atoms with Crippen LogP contribution in [0.3, 0.4) is 0 Å². The van der Waals surface area contributed by atoms with E-state index < -0.39 is 0 Å². The molecule has 10 heteroatoms. The van der Waals surface area contributed by atoms with Crippen LogP contribution in [0.4, 0.5) is 5.82 Å². The van der Waals surface area contributed by atoms with E-state index in [1.165, 1.54) is 16.2 Å². The Labute approximate surface area is 184 Å². The van der Waals surface area contributed by atoms with Gasteiger partial charge in [-0.1, -0.05) is 30.0 Å². The Morgan fingerprint density at radius 2 is 2.13 bits per heavy atom. The van der Waals surface area contributed by atoms with Crippen LogP contribution in [-0.2, 0) is 14.3 Å². The van der Waals surface area contributed by atoms with Crippen LogP contribution in [0.1, 0.15) is 18.9 Å². The number of hydrogen-bond acceptors (Lipinski definition) is 8.